The van der Waals surface area contributed by atoms with Gasteiger partial charge >= 0.3 is 0 Å². The van der Waals surface area contributed by atoms with E-state index in [0.29, 0.717) is 9.23 Å². The van der Waals surface area contributed by atoms with E-state index < -0.39 is 4.92 Å². The number of nitro benzene ring substituents is 1. The predicted octanol–water partition coefficient (Wildman–Crippen LogP) is 3.81. The Labute approximate surface area is 139 Å². The van der Waals surface area contributed by atoms with E-state index in [1.807, 2.05) is 12.1 Å². The summed E-state index contributed by atoms with van der Waals surface area (Å²) < 4.78 is 0.461. The van der Waals surface area contributed by atoms with Crippen LogP contribution in [0.3, 0.4) is 0 Å². The highest BCUT2D eigenvalue weighted by molar-refractivity contribution is 8.26. The highest BCUT2D eigenvalue weighted by Crippen LogP contribution is 2.33. The van der Waals surface area contributed by atoms with E-state index in [-0.39, 0.29) is 11.6 Å². The second kappa shape index (κ2) is 5.99. The molecule has 0 radical (unpaired) electrons. The number of carbonyl (C=O) groups is 1. The summed E-state index contributed by atoms with van der Waals surface area (Å²) in [6, 6.07) is 10.2. The molecule has 1 saturated heterocycles. The number of amides is 1. The van der Waals surface area contributed by atoms with Crippen molar-refractivity contribution in [3.05, 3.63) is 56.3 Å². The van der Waals surface area contributed by atoms with Crippen LogP contribution in [0.15, 0.2) is 41.3 Å². The molecular formula is C14H8N2O3S3. The maximum Gasteiger partial charge on any atom is 0.269 e. The lowest BCUT2D eigenvalue weighted by Crippen LogP contribution is -2.17. The summed E-state index contributed by atoms with van der Waals surface area (Å²) in [6.07, 6.45) is 1.79. The number of thiocarbonyl (C=S) groups is 1. The van der Waals surface area contributed by atoms with Gasteiger partial charge in [-0.2, -0.15) is 0 Å². The largest absolute Gasteiger partial charge is 0.307 e. The number of nitrogens with zero attached hydrogens (tertiary/aromatic N) is 1. The highest BCUT2D eigenvalue weighted by atomic mass is 32.2. The van der Waals surface area contributed by atoms with E-state index in [0.717, 1.165) is 15.3 Å². The van der Waals surface area contributed by atoms with Crippen molar-refractivity contribution in [3.8, 4) is 10.4 Å². The third kappa shape index (κ3) is 3.08. The van der Waals surface area contributed by atoms with E-state index in [1.165, 1.54) is 35.2 Å². The molecule has 1 aromatic heterocycles. The van der Waals surface area contributed by atoms with Gasteiger partial charge in [0, 0.05) is 21.9 Å². The average Bonchev–Trinajstić information content (AvgIpc) is 3.06. The maximum absolute atomic E-state index is 11.6. The van der Waals surface area contributed by atoms with Crippen molar-refractivity contribution < 1.29 is 9.72 Å². The molecule has 0 spiro atoms. The molecule has 1 aromatic carbocycles. The number of benzene rings is 1. The lowest BCUT2D eigenvalue weighted by atomic mass is 10.2. The van der Waals surface area contributed by atoms with Gasteiger partial charge < -0.3 is 5.32 Å². The number of rotatable bonds is 3. The first-order valence-electron chi connectivity index (χ1n) is 6.12. The highest BCUT2D eigenvalue weighted by Gasteiger charge is 2.22. The van der Waals surface area contributed by atoms with Gasteiger partial charge in [0.25, 0.3) is 11.6 Å². The van der Waals surface area contributed by atoms with Gasteiger partial charge in [0.1, 0.15) is 4.32 Å². The van der Waals surface area contributed by atoms with Crippen LogP contribution in [0.25, 0.3) is 16.5 Å². The van der Waals surface area contributed by atoms with Crippen molar-refractivity contribution >= 4 is 57.3 Å². The number of thioether (sulfide) groups is 1. The Hall–Kier alpha value is -2.03. The van der Waals surface area contributed by atoms with Gasteiger partial charge in [-0.05, 0) is 35.9 Å². The summed E-state index contributed by atoms with van der Waals surface area (Å²) >= 11 is 7.69. The molecule has 1 aliphatic rings. The molecule has 3 rings (SSSR count). The lowest BCUT2D eigenvalue weighted by Gasteiger charge is -1.96. The first-order valence-corrected chi connectivity index (χ1v) is 8.16. The third-order valence-corrected chi connectivity index (χ3v) is 5.15. The number of nitro groups is 1. The SMILES string of the molecule is O=C1NC(=S)S/C1=C\c1ccc(-c2ccc([N+](=O)[O-])cc2)s1. The number of carbonyl (C=O) groups excluding carboxylic acids is 1. The zero-order valence-corrected chi connectivity index (χ0v) is 13.4. The molecule has 0 bridgehead atoms. The van der Waals surface area contributed by atoms with Gasteiger partial charge in [-0.25, -0.2) is 0 Å². The second-order valence-electron chi connectivity index (χ2n) is 4.36. The summed E-state index contributed by atoms with van der Waals surface area (Å²) in [5.74, 6) is -0.180. The zero-order valence-electron chi connectivity index (χ0n) is 10.9. The normalized spacial score (nSPS) is 16.1. The summed E-state index contributed by atoms with van der Waals surface area (Å²) in [4.78, 5) is 24.3. The van der Waals surface area contributed by atoms with Crippen LogP contribution in [0.5, 0.6) is 0 Å². The van der Waals surface area contributed by atoms with Crippen molar-refractivity contribution in [3.63, 3.8) is 0 Å². The Morgan fingerprint density at radius 3 is 2.50 bits per heavy atom. The second-order valence-corrected chi connectivity index (χ2v) is 7.19. The molecule has 0 aliphatic carbocycles. The van der Waals surface area contributed by atoms with Crippen LogP contribution in [-0.4, -0.2) is 15.2 Å². The Morgan fingerprint density at radius 2 is 1.91 bits per heavy atom. The smallest absolute Gasteiger partial charge is 0.269 e. The summed E-state index contributed by atoms with van der Waals surface area (Å²) in [5.41, 5.74) is 0.967. The minimum absolute atomic E-state index is 0.0650. The van der Waals surface area contributed by atoms with E-state index in [4.69, 9.17) is 12.2 Å². The van der Waals surface area contributed by atoms with Crippen LogP contribution in [0.2, 0.25) is 0 Å². The number of non-ortho nitro benzene ring substituents is 1. The van der Waals surface area contributed by atoms with Gasteiger partial charge in [0.2, 0.25) is 0 Å². The van der Waals surface area contributed by atoms with Crippen molar-refractivity contribution in [1.29, 1.82) is 0 Å². The summed E-state index contributed by atoms with van der Waals surface area (Å²) in [7, 11) is 0. The fourth-order valence-corrected chi connectivity index (χ4v) is 3.95. The van der Waals surface area contributed by atoms with E-state index in [1.54, 1.807) is 18.2 Å². The monoisotopic (exact) mass is 348 g/mol. The van der Waals surface area contributed by atoms with E-state index in [2.05, 4.69) is 5.32 Å². The number of thiophene rings is 1. The van der Waals surface area contributed by atoms with Gasteiger partial charge in [0.15, 0.2) is 0 Å². The molecular weight excluding hydrogens is 340 g/mol. The van der Waals surface area contributed by atoms with Crippen LogP contribution >= 0.6 is 35.3 Å². The fraction of sp³-hybridized carbons (Fsp3) is 0. The van der Waals surface area contributed by atoms with Crippen LogP contribution in [0, 0.1) is 10.1 Å². The molecule has 2 aromatic rings. The van der Waals surface area contributed by atoms with E-state index >= 15 is 0 Å². The molecule has 0 saturated carbocycles. The molecule has 110 valence electrons. The molecule has 8 heteroatoms. The average molecular weight is 348 g/mol. The predicted molar refractivity (Wildman–Crippen MR) is 92.7 cm³/mol. The number of hydrogen-bond acceptors (Lipinski definition) is 6. The molecule has 1 N–H and O–H groups in total. The standard InChI is InChI=1S/C14H8N2O3S3/c17-13-12(22-14(20)15-13)7-10-5-6-11(21-10)8-1-3-9(4-2-8)16(18)19/h1-7H,(H,15,17,20)/b12-7-. The molecule has 1 aliphatic heterocycles. The number of nitrogens with one attached hydrogen (secondary N) is 1. The van der Waals surface area contributed by atoms with Crippen LogP contribution < -0.4 is 5.32 Å². The van der Waals surface area contributed by atoms with Crippen LogP contribution in [0.4, 0.5) is 5.69 Å². The van der Waals surface area contributed by atoms with Crippen molar-refractivity contribution in [2.45, 2.75) is 0 Å². The van der Waals surface area contributed by atoms with Crippen LogP contribution in [-0.2, 0) is 4.79 Å². The quantitative estimate of drug-likeness (QED) is 0.395. The van der Waals surface area contributed by atoms with Crippen molar-refractivity contribution in [2.24, 2.45) is 0 Å². The topological polar surface area (TPSA) is 72.2 Å². The van der Waals surface area contributed by atoms with Gasteiger partial charge in [0.05, 0.1) is 9.83 Å². The van der Waals surface area contributed by atoms with E-state index in [9.17, 15) is 14.9 Å². The Balaban J connectivity index is 1.85. The third-order valence-electron chi connectivity index (χ3n) is 2.90. The van der Waals surface area contributed by atoms with Gasteiger partial charge in [-0.1, -0.05) is 24.0 Å². The van der Waals surface area contributed by atoms with Crippen molar-refractivity contribution in [1.82, 2.24) is 5.32 Å². The molecule has 5 nitrogen and oxygen atoms in total. The minimum Gasteiger partial charge on any atom is -0.307 e. The fourth-order valence-electron chi connectivity index (χ4n) is 1.88. The van der Waals surface area contributed by atoms with Gasteiger partial charge in [-0.3, -0.25) is 14.9 Å². The maximum atomic E-state index is 11.6. The first kappa shape index (κ1) is 14.9. The van der Waals surface area contributed by atoms with Crippen LogP contribution in [0.1, 0.15) is 4.88 Å². The molecule has 1 amide bonds. The molecule has 0 unspecified atom stereocenters. The Bertz CT molecular complexity index is 809. The first-order chi connectivity index (χ1) is 10.5. The Morgan fingerprint density at radius 1 is 1.18 bits per heavy atom. The zero-order chi connectivity index (χ0) is 15.7. The summed E-state index contributed by atoms with van der Waals surface area (Å²) in [6.45, 7) is 0. The van der Waals surface area contributed by atoms with Gasteiger partial charge in [-0.15, -0.1) is 11.3 Å². The molecule has 2 heterocycles. The number of hydrogen-bond donors (Lipinski definition) is 1. The lowest BCUT2D eigenvalue weighted by molar-refractivity contribution is -0.384. The minimum atomic E-state index is -0.424. The summed E-state index contributed by atoms with van der Waals surface area (Å²) in [5, 5.41) is 13.2. The molecule has 1 fully saturated rings. The Kier molecular flexibility index (Phi) is 4.06. The molecule has 22 heavy (non-hydrogen) atoms. The molecule has 0 atom stereocenters. The van der Waals surface area contributed by atoms with Crippen molar-refractivity contribution in [2.75, 3.05) is 0 Å².